The van der Waals surface area contributed by atoms with Gasteiger partial charge < -0.3 is 0 Å². The van der Waals surface area contributed by atoms with Crippen molar-refractivity contribution in [3.63, 3.8) is 0 Å². The van der Waals surface area contributed by atoms with Crippen LogP contribution in [0.2, 0.25) is 0 Å². The summed E-state index contributed by atoms with van der Waals surface area (Å²) in [4.78, 5) is 52.8. The largest absolute Gasteiger partial charge is 0.277 e. The SMILES string of the molecule is CCC(C)(CC)N1C(=O)c2ccc(-c3ccc4c(c3)C(=O)N(C)C4=O)cc2C1=O. The van der Waals surface area contributed by atoms with Crippen LogP contribution in [0.5, 0.6) is 0 Å². The molecule has 148 valence electrons. The topological polar surface area (TPSA) is 74.8 Å². The molecule has 2 aromatic rings. The zero-order valence-electron chi connectivity index (χ0n) is 16.9. The molecule has 6 nitrogen and oxygen atoms in total. The predicted octanol–water partition coefficient (Wildman–Crippen LogP) is 3.75. The molecule has 0 unspecified atom stereocenters. The van der Waals surface area contributed by atoms with E-state index in [0.29, 0.717) is 35.1 Å². The van der Waals surface area contributed by atoms with E-state index in [0.717, 1.165) is 16.0 Å². The summed E-state index contributed by atoms with van der Waals surface area (Å²) in [6.07, 6.45) is 1.35. The van der Waals surface area contributed by atoms with Crippen molar-refractivity contribution in [1.82, 2.24) is 9.80 Å². The Morgan fingerprint density at radius 3 is 1.62 bits per heavy atom. The number of amides is 4. The van der Waals surface area contributed by atoms with Crippen LogP contribution in [-0.4, -0.2) is 46.0 Å². The molecule has 0 atom stereocenters. The Balaban J connectivity index is 1.77. The number of fused-ring (bicyclic) bond motifs is 2. The molecule has 2 aromatic carbocycles. The van der Waals surface area contributed by atoms with Crippen LogP contribution in [-0.2, 0) is 0 Å². The molecule has 2 heterocycles. The molecule has 0 radical (unpaired) electrons. The van der Waals surface area contributed by atoms with E-state index >= 15 is 0 Å². The summed E-state index contributed by atoms with van der Waals surface area (Å²) in [5, 5.41) is 0. The quantitative estimate of drug-likeness (QED) is 0.745. The molecule has 4 amide bonds. The fourth-order valence-corrected chi connectivity index (χ4v) is 4.02. The Labute approximate surface area is 169 Å². The van der Waals surface area contributed by atoms with E-state index in [9.17, 15) is 19.2 Å². The van der Waals surface area contributed by atoms with Crippen molar-refractivity contribution in [3.05, 3.63) is 58.7 Å². The summed E-state index contributed by atoms with van der Waals surface area (Å²) in [6, 6.07) is 10.2. The Kier molecular flexibility index (Phi) is 4.19. The number of rotatable bonds is 4. The molecule has 0 aromatic heterocycles. The van der Waals surface area contributed by atoms with Crippen LogP contribution in [0.25, 0.3) is 11.1 Å². The van der Waals surface area contributed by atoms with Crippen LogP contribution in [0.3, 0.4) is 0 Å². The number of nitrogens with zero attached hydrogens (tertiary/aromatic N) is 2. The third-order valence-electron chi connectivity index (χ3n) is 6.37. The molecule has 0 saturated carbocycles. The predicted molar refractivity (Wildman–Crippen MR) is 108 cm³/mol. The first-order valence-electron chi connectivity index (χ1n) is 9.73. The minimum absolute atomic E-state index is 0.265. The molecule has 4 rings (SSSR count). The van der Waals surface area contributed by atoms with E-state index in [2.05, 4.69) is 0 Å². The molecule has 0 spiro atoms. The fraction of sp³-hybridized carbons (Fsp3) is 0.304. The lowest BCUT2D eigenvalue weighted by Crippen LogP contribution is -2.48. The lowest BCUT2D eigenvalue weighted by Gasteiger charge is -2.35. The van der Waals surface area contributed by atoms with Crippen LogP contribution in [0.1, 0.15) is 75.0 Å². The maximum absolute atomic E-state index is 13.1. The van der Waals surface area contributed by atoms with Gasteiger partial charge in [-0.3, -0.25) is 29.0 Å². The van der Waals surface area contributed by atoms with Gasteiger partial charge in [0.15, 0.2) is 0 Å². The molecule has 29 heavy (non-hydrogen) atoms. The van der Waals surface area contributed by atoms with Crippen molar-refractivity contribution in [3.8, 4) is 11.1 Å². The van der Waals surface area contributed by atoms with Gasteiger partial charge in [-0.2, -0.15) is 0 Å². The molecule has 0 N–H and O–H groups in total. The third-order valence-corrected chi connectivity index (χ3v) is 6.37. The highest BCUT2D eigenvalue weighted by Gasteiger charge is 2.44. The third kappa shape index (κ3) is 2.55. The van der Waals surface area contributed by atoms with Gasteiger partial charge >= 0.3 is 0 Å². The average molecular weight is 390 g/mol. The van der Waals surface area contributed by atoms with Crippen LogP contribution in [0.4, 0.5) is 0 Å². The minimum atomic E-state index is -0.529. The highest BCUT2D eigenvalue weighted by molar-refractivity contribution is 6.23. The zero-order chi connectivity index (χ0) is 21.1. The standard InChI is InChI=1S/C23H22N2O4/c1-5-23(3,6-2)25-21(28)16-10-8-14(12-18(16)22(25)29)13-7-9-15-17(11-13)20(27)24(4)19(15)26/h7-12H,5-6H2,1-4H3. The minimum Gasteiger partial charge on any atom is -0.277 e. The van der Waals surface area contributed by atoms with Gasteiger partial charge in [-0.25, -0.2) is 0 Å². The summed E-state index contributed by atoms with van der Waals surface area (Å²) in [7, 11) is 1.46. The molecule has 6 heteroatoms. The van der Waals surface area contributed by atoms with Crippen molar-refractivity contribution in [2.45, 2.75) is 39.2 Å². The normalized spacial score (nSPS) is 16.0. The van der Waals surface area contributed by atoms with Gasteiger partial charge in [-0.15, -0.1) is 0 Å². The van der Waals surface area contributed by atoms with Crippen LogP contribution < -0.4 is 0 Å². The number of hydrogen-bond donors (Lipinski definition) is 0. The number of carbonyl (C=O) groups excluding carboxylic acids is 4. The maximum Gasteiger partial charge on any atom is 0.262 e. The van der Waals surface area contributed by atoms with Crippen molar-refractivity contribution in [2.75, 3.05) is 7.05 Å². The highest BCUT2D eigenvalue weighted by atomic mass is 16.2. The first-order valence-corrected chi connectivity index (χ1v) is 9.73. The first-order chi connectivity index (χ1) is 13.7. The van der Waals surface area contributed by atoms with Gasteiger partial charge in [-0.1, -0.05) is 26.0 Å². The summed E-state index contributed by atoms with van der Waals surface area (Å²) >= 11 is 0. The molecular weight excluding hydrogens is 368 g/mol. The van der Waals surface area contributed by atoms with E-state index < -0.39 is 5.54 Å². The Bertz CT molecular complexity index is 1100. The Morgan fingerprint density at radius 1 is 0.690 bits per heavy atom. The van der Waals surface area contributed by atoms with Crippen LogP contribution in [0.15, 0.2) is 36.4 Å². The molecule has 0 saturated heterocycles. The van der Waals surface area contributed by atoms with E-state index in [1.54, 1.807) is 36.4 Å². The number of carbonyl (C=O) groups is 4. The van der Waals surface area contributed by atoms with Crippen LogP contribution >= 0.6 is 0 Å². The lowest BCUT2D eigenvalue weighted by molar-refractivity contribution is 0.0434. The van der Waals surface area contributed by atoms with E-state index in [-0.39, 0.29) is 23.6 Å². The van der Waals surface area contributed by atoms with Gasteiger partial charge in [0, 0.05) is 12.6 Å². The average Bonchev–Trinajstić information content (AvgIpc) is 3.12. The van der Waals surface area contributed by atoms with Crippen LogP contribution in [0, 0.1) is 0 Å². The molecule has 2 aliphatic heterocycles. The van der Waals surface area contributed by atoms with Crippen molar-refractivity contribution < 1.29 is 19.2 Å². The first kappa shape index (κ1) is 19.1. The monoisotopic (exact) mass is 390 g/mol. The van der Waals surface area contributed by atoms with Gasteiger partial charge in [0.05, 0.1) is 22.3 Å². The lowest BCUT2D eigenvalue weighted by atomic mass is 9.93. The Morgan fingerprint density at radius 2 is 1.10 bits per heavy atom. The van der Waals surface area contributed by atoms with Gasteiger partial charge in [0.1, 0.15) is 0 Å². The van der Waals surface area contributed by atoms with Crippen molar-refractivity contribution in [2.24, 2.45) is 0 Å². The second kappa shape index (κ2) is 6.37. The number of hydrogen-bond acceptors (Lipinski definition) is 4. The number of benzene rings is 2. The van der Waals surface area contributed by atoms with Gasteiger partial charge in [-0.05, 0) is 55.2 Å². The molecule has 2 aliphatic rings. The summed E-state index contributed by atoms with van der Waals surface area (Å²) in [5.74, 6) is -1.21. The Hall–Kier alpha value is -3.28. The van der Waals surface area contributed by atoms with E-state index in [4.69, 9.17) is 0 Å². The van der Waals surface area contributed by atoms with E-state index in [1.165, 1.54) is 11.9 Å². The highest BCUT2D eigenvalue weighted by Crippen LogP contribution is 2.36. The zero-order valence-corrected chi connectivity index (χ0v) is 16.9. The summed E-state index contributed by atoms with van der Waals surface area (Å²) in [5.41, 5.74) is 2.41. The molecule has 0 aliphatic carbocycles. The smallest absolute Gasteiger partial charge is 0.262 e. The van der Waals surface area contributed by atoms with Crippen molar-refractivity contribution in [1.29, 1.82) is 0 Å². The number of imide groups is 2. The maximum atomic E-state index is 13.1. The second-order valence-electron chi connectivity index (χ2n) is 7.84. The second-order valence-corrected chi connectivity index (χ2v) is 7.84. The van der Waals surface area contributed by atoms with Gasteiger partial charge in [0.25, 0.3) is 23.6 Å². The van der Waals surface area contributed by atoms with Gasteiger partial charge in [0.2, 0.25) is 0 Å². The summed E-state index contributed by atoms with van der Waals surface area (Å²) in [6.45, 7) is 5.87. The molecule has 0 bridgehead atoms. The summed E-state index contributed by atoms with van der Waals surface area (Å²) < 4.78 is 0. The molecule has 0 fully saturated rings. The van der Waals surface area contributed by atoms with E-state index in [1.807, 2.05) is 20.8 Å². The fourth-order valence-electron chi connectivity index (χ4n) is 4.02. The molecular formula is C23H22N2O4. The van der Waals surface area contributed by atoms with Crippen molar-refractivity contribution >= 4 is 23.6 Å².